The summed E-state index contributed by atoms with van der Waals surface area (Å²) >= 11 is 0. The standard InChI is InChI=1S/C34H63NO3/c1-3-5-7-9-11-12-13-14-15-16-17-18-19-20-21-22-24-26-28-30-34(38)35-32(31-36)33(37)29-27-25-23-10-8-6-4-2/h11-12,14-15,17-18,32-33,36-37H,3-10,13,16,19-31H2,1-2H3,(H,35,38)/b12-11-,15-14-,18-17-. The quantitative estimate of drug-likeness (QED) is 0.0693. The van der Waals surface area contributed by atoms with Gasteiger partial charge in [0, 0.05) is 6.42 Å². The number of unbranched alkanes of at least 4 members (excludes halogenated alkanes) is 15. The minimum Gasteiger partial charge on any atom is -0.394 e. The fourth-order valence-electron chi connectivity index (χ4n) is 4.60. The molecule has 3 N–H and O–H groups in total. The maximum Gasteiger partial charge on any atom is 0.220 e. The van der Waals surface area contributed by atoms with E-state index in [2.05, 4.69) is 55.6 Å². The van der Waals surface area contributed by atoms with Crippen molar-refractivity contribution >= 4 is 5.91 Å². The van der Waals surface area contributed by atoms with Crippen LogP contribution in [0.15, 0.2) is 36.5 Å². The second-order valence-corrected chi connectivity index (χ2v) is 10.9. The maximum atomic E-state index is 12.2. The summed E-state index contributed by atoms with van der Waals surface area (Å²) in [5.41, 5.74) is 0. The van der Waals surface area contributed by atoms with E-state index in [9.17, 15) is 15.0 Å². The average Bonchev–Trinajstić information content (AvgIpc) is 2.92. The lowest BCUT2D eigenvalue weighted by atomic mass is 10.0. The highest BCUT2D eigenvalue weighted by Crippen LogP contribution is 2.12. The predicted molar refractivity (Wildman–Crippen MR) is 165 cm³/mol. The van der Waals surface area contributed by atoms with E-state index in [-0.39, 0.29) is 12.5 Å². The van der Waals surface area contributed by atoms with Crippen molar-refractivity contribution < 1.29 is 15.0 Å². The van der Waals surface area contributed by atoms with Gasteiger partial charge in [0.15, 0.2) is 0 Å². The lowest BCUT2D eigenvalue weighted by molar-refractivity contribution is -0.123. The molecule has 0 aliphatic heterocycles. The number of rotatable bonds is 28. The highest BCUT2D eigenvalue weighted by atomic mass is 16.3. The molecule has 0 aliphatic rings. The van der Waals surface area contributed by atoms with Crippen LogP contribution in [0.2, 0.25) is 0 Å². The van der Waals surface area contributed by atoms with Gasteiger partial charge in [-0.25, -0.2) is 0 Å². The first kappa shape index (κ1) is 36.6. The molecule has 0 aromatic rings. The van der Waals surface area contributed by atoms with Crippen LogP contribution in [-0.4, -0.2) is 34.9 Å². The van der Waals surface area contributed by atoms with E-state index < -0.39 is 12.1 Å². The number of aliphatic hydroxyl groups excluding tert-OH is 2. The van der Waals surface area contributed by atoms with Crippen molar-refractivity contribution in [3.8, 4) is 0 Å². The Hall–Kier alpha value is -1.39. The number of carbonyl (C=O) groups excluding carboxylic acids is 1. The third-order valence-electron chi connectivity index (χ3n) is 7.15. The molecule has 0 saturated heterocycles. The Balaban J connectivity index is 3.61. The van der Waals surface area contributed by atoms with E-state index in [1.54, 1.807) is 0 Å². The van der Waals surface area contributed by atoms with Gasteiger partial charge in [0.2, 0.25) is 5.91 Å². The van der Waals surface area contributed by atoms with Gasteiger partial charge in [0.25, 0.3) is 0 Å². The Labute approximate surface area is 236 Å². The zero-order valence-corrected chi connectivity index (χ0v) is 25.2. The summed E-state index contributed by atoms with van der Waals surface area (Å²) in [7, 11) is 0. The summed E-state index contributed by atoms with van der Waals surface area (Å²) in [6.07, 6.45) is 37.7. The largest absolute Gasteiger partial charge is 0.394 e. The van der Waals surface area contributed by atoms with Gasteiger partial charge in [-0.15, -0.1) is 0 Å². The van der Waals surface area contributed by atoms with Gasteiger partial charge in [-0.05, 0) is 51.4 Å². The van der Waals surface area contributed by atoms with Gasteiger partial charge in [-0.1, -0.05) is 134 Å². The molecule has 0 radical (unpaired) electrons. The monoisotopic (exact) mass is 533 g/mol. The van der Waals surface area contributed by atoms with Gasteiger partial charge in [-0.2, -0.15) is 0 Å². The summed E-state index contributed by atoms with van der Waals surface area (Å²) in [6.45, 7) is 4.26. The van der Waals surface area contributed by atoms with Crippen LogP contribution in [-0.2, 0) is 4.79 Å². The summed E-state index contributed by atoms with van der Waals surface area (Å²) in [4.78, 5) is 12.2. The average molecular weight is 534 g/mol. The van der Waals surface area contributed by atoms with Gasteiger partial charge >= 0.3 is 0 Å². The maximum absolute atomic E-state index is 12.2. The van der Waals surface area contributed by atoms with Crippen LogP contribution in [0.5, 0.6) is 0 Å². The molecular formula is C34H63NO3. The Bertz CT molecular complexity index is 584. The van der Waals surface area contributed by atoms with Crippen molar-refractivity contribution in [2.45, 2.75) is 167 Å². The molecule has 4 heteroatoms. The topological polar surface area (TPSA) is 69.6 Å². The number of hydrogen-bond donors (Lipinski definition) is 3. The van der Waals surface area contributed by atoms with Crippen LogP contribution >= 0.6 is 0 Å². The van der Waals surface area contributed by atoms with E-state index in [1.807, 2.05) is 0 Å². The fourth-order valence-corrected chi connectivity index (χ4v) is 4.60. The zero-order chi connectivity index (χ0) is 27.9. The van der Waals surface area contributed by atoms with E-state index in [0.29, 0.717) is 12.8 Å². The summed E-state index contributed by atoms with van der Waals surface area (Å²) < 4.78 is 0. The second kappa shape index (κ2) is 30.2. The van der Waals surface area contributed by atoms with E-state index >= 15 is 0 Å². The summed E-state index contributed by atoms with van der Waals surface area (Å²) in [6, 6.07) is -0.539. The van der Waals surface area contributed by atoms with Crippen molar-refractivity contribution in [3.05, 3.63) is 36.5 Å². The van der Waals surface area contributed by atoms with Crippen molar-refractivity contribution in [2.24, 2.45) is 0 Å². The first-order chi connectivity index (χ1) is 18.7. The number of carbonyl (C=O) groups is 1. The van der Waals surface area contributed by atoms with Crippen molar-refractivity contribution in [3.63, 3.8) is 0 Å². The molecule has 0 spiro atoms. The Morgan fingerprint density at radius 3 is 1.66 bits per heavy atom. The lowest BCUT2D eigenvalue weighted by Crippen LogP contribution is -2.45. The minimum absolute atomic E-state index is 0.0511. The van der Waals surface area contributed by atoms with Crippen LogP contribution < -0.4 is 5.32 Å². The SMILES string of the molecule is CCCCC/C=C\C/C=C\C/C=C\CCCCCCCCC(=O)NC(CO)C(O)CCCCCCCCC. The van der Waals surface area contributed by atoms with Gasteiger partial charge in [0.1, 0.15) is 0 Å². The Morgan fingerprint density at radius 2 is 1.08 bits per heavy atom. The van der Waals surface area contributed by atoms with E-state index in [0.717, 1.165) is 51.4 Å². The van der Waals surface area contributed by atoms with E-state index in [4.69, 9.17) is 0 Å². The number of nitrogens with one attached hydrogen (secondary N) is 1. The fraction of sp³-hybridized carbons (Fsp3) is 0.794. The molecule has 2 unspecified atom stereocenters. The van der Waals surface area contributed by atoms with Crippen LogP contribution in [0.1, 0.15) is 155 Å². The molecule has 0 aromatic heterocycles. The van der Waals surface area contributed by atoms with E-state index in [1.165, 1.54) is 77.0 Å². The van der Waals surface area contributed by atoms with Crippen LogP contribution in [0.3, 0.4) is 0 Å². The normalized spacial score (nSPS) is 13.7. The van der Waals surface area contributed by atoms with Crippen LogP contribution in [0, 0.1) is 0 Å². The number of aliphatic hydroxyl groups is 2. The molecule has 2 atom stereocenters. The second-order valence-electron chi connectivity index (χ2n) is 10.9. The molecule has 0 bridgehead atoms. The van der Waals surface area contributed by atoms with Crippen LogP contribution in [0.4, 0.5) is 0 Å². The van der Waals surface area contributed by atoms with Gasteiger partial charge in [0.05, 0.1) is 18.8 Å². The summed E-state index contributed by atoms with van der Waals surface area (Å²) in [5, 5.41) is 22.8. The number of amides is 1. The molecule has 4 nitrogen and oxygen atoms in total. The molecule has 0 aromatic carbocycles. The molecule has 0 rings (SSSR count). The van der Waals surface area contributed by atoms with Gasteiger partial charge < -0.3 is 15.5 Å². The highest BCUT2D eigenvalue weighted by molar-refractivity contribution is 5.76. The Kier molecular flexibility index (Phi) is 29.1. The third-order valence-corrected chi connectivity index (χ3v) is 7.15. The molecule has 0 saturated carbocycles. The smallest absolute Gasteiger partial charge is 0.220 e. The van der Waals surface area contributed by atoms with Crippen molar-refractivity contribution in [1.82, 2.24) is 5.32 Å². The van der Waals surface area contributed by atoms with Crippen molar-refractivity contribution in [2.75, 3.05) is 6.61 Å². The van der Waals surface area contributed by atoms with Crippen LogP contribution in [0.25, 0.3) is 0 Å². The highest BCUT2D eigenvalue weighted by Gasteiger charge is 2.19. The minimum atomic E-state index is -0.660. The zero-order valence-electron chi connectivity index (χ0n) is 25.2. The molecule has 0 fully saturated rings. The molecule has 38 heavy (non-hydrogen) atoms. The predicted octanol–water partition coefficient (Wildman–Crippen LogP) is 9.12. The molecular weight excluding hydrogens is 470 g/mol. The molecule has 1 amide bonds. The van der Waals surface area contributed by atoms with Gasteiger partial charge in [-0.3, -0.25) is 4.79 Å². The molecule has 222 valence electrons. The molecule has 0 aliphatic carbocycles. The lowest BCUT2D eigenvalue weighted by Gasteiger charge is -2.22. The number of allylic oxidation sites excluding steroid dienone is 6. The first-order valence-corrected chi connectivity index (χ1v) is 16.2. The Morgan fingerprint density at radius 1 is 0.632 bits per heavy atom. The molecule has 0 heterocycles. The number of hydrogen-bond acceptors (Lipinski definition) is 3. The first-order valence-electron chi connectivity index (χ1n) is 16.2. The summed E-state index contributed by atoms with van der Waals surface area (Å²) in [5.74, 6) is -0.0511. The third kappa shape index (κ3) is 26.2. The van der Waals surface area contributed by atoms with Crippen molar-refractivity contribution in [1.29, 1.82) is 0 Å².